The number of nitrogens with zero attached hydrogens (tertiary/aromatic N) is 3. The van der Waals surface area contributed by atoms with Gasteiger partial charge < -0.3 is 15.1 Å². The van der Waals surface area contributed by atoms with E-state index in [-0.39, 0.29) is 11.8 Å². The molecule has 3 aromatic rings. The zero-order valence-electron chi connectivity index (χ0n) is 22.7. The van der Waals surface area contributed by atoms with Crippen LogP contribution >= 0.6 is 11.8 Å². The predicted molar refractivity (Wildman–Crippen MR) is 160 cm³/mol. The number of piperazine rings is 1. The summed E-state index contributed by atoms with van der Waals surface area (Å²) in [5.41, 5.74) is 4.88. The van der Waals surface area contributed by atoms with Crippen LogP contribution in [0.5, 0.6) is 0 Å². The first-order chi connectivity index (χ1) is 19.0. The number of benzene rings is 3. The van der Waals surface area contributed by atoms with Crippen LogP contribution in [0.2, 0.25) is 0 Å². The van der Waals surface area contributed by atoms with E-state index in [0.717, 1.165) is 67.4 Å². The third-order valence-electron chi connectivity index (χ3n) is 7.31. The fourth-order valence-electron chi connectivity index (χ4n) is 5.07. The van der Waals surface area contributed by atoms with Crippen LogP contribution in [0, 0.1) is 6.92 Å². The number of thioether (sulfide) groups is 1. The molecule has 2 aliphatic heterocycles. The first-order valence-corrected chi connectivity index (χ1v) is 14.4. The molecule has 0 atom stereocenters. The van der Waals surface area contributed by atoms with Crippen LogP contribution in [0.25, 0.3) is 6.08 Å². The number of carbonyl (C=O) groups is 2. The molecule has 39 heavy (non-hydrogen) atoms. The van der Waals surface area contributed by atoms with Crippen molar-refractivity contribution in [2.24, 2.45) is 0 Å². The van der Waals surface area contributed by atoms with Gasteiger partial charge in [-0.05, 0) is 55.3 Å². The average molecular weight is 541 g/mol. The minimum Gasteiger partial charge on any atom is -0.352 e. The Morgan fingerprint density at radius 1 is 0.949 bits per heavy atom. The van der Waals surface area contributed by atoms with Gasteiger partial charge in [0, 0.05) is 56.8 Å². The number of hydrogen-bond donors (Lipinski definition) is 1. The van der Waals surface area contributed by atoms with Crippen LogP contribution in [0.15, 0.2) is 82.6 Å². The second-order valence-electron chi connectivity index (χ2n) is 10.3. The molecule has 2 heterocycles. The van der Waals surface area contributed by atoms with Crippen LogP contribution in [0.4, 0.5) is 5.69 Å². The predicted octanol–water partition coefficient (Wildman–Crippen LogP) is 5.04. The monoisotopic (exact) mass is 540 g/mol. The number of likely N-dealkylation sites (N-methyl/N-ethyl adjacent to an activating group) is 1. The summed E-state index contributed by atoms with van der Waals surface area (Å²) in [5.74, 6) is -0.159. The van der Waals surface area contributed by atoms with Gasteiger partial charge in [-0.2, -0.15) is 0 Å². The molecule has 1 N–H and O–H groups in total. The van der Waals surface area contributed by atoms with E-state index in [9.17, 15) is 9.59 Å². The molecule has 0 aromatic heterocycles. The summed E-state index contributed by atoms with van der Waals surface area (Å²) >= 11 is 1.46. The summed E-state index contributed by atoms with van der Waals surface area (Å²) in [6, 6.07) is 24.4. The molecule has 7 heteroatoms. The maximum atomic E-state index is 13.1. The normalized spacial score (nSPS) is 17.3. The molecule has 202 valence electrons. The van der Waals surface area contributed by atoms with Gasteiger partial charge in [0.1, 0.15) is 0 Å². The number of anilines is 1. The van der Waals surface area contributed by atoms with E-state index in [4.69, 9.17) is 0 Å². The number of amides is 2. The number of fused-ring (bicyclic) bond motifs is 1. The van der Waals surface area contributed by atoms with Gasteiger partial charge in [0.15, 0.2) is 0 Å². The molecular weight excluding hydrogens is 504 g/mol. The van der Waals surface area contributed by atoms with Crippen LogP contribution in [-0.4, -0.2) is 67.9 Å². The highest BCUT2D eigenvalue weighted by Gasteiger charge is 2.27. The summed E-state index contributed by atoms with van der Waals surface area (Å²) in [6.45, 7) is 8.93. The molecule has 2 aliphatic rings. The van der Waals surface area contributed by atoms with Crippen molar-refractivity contribution in [3.63, 3.8) is 0 Å². The van der Waals surface area contributed by atoms with Crippen molar-refractivity contribution < 1.29 is 9.59 Å². The molecule has 0 saturated carbocycles. The van der Waals surface area contributed by atoms with Crippen LogP contribution in [0.3, 0.4) is 0 Å². The van der Waals surface area contributed by atoms with Crippen LogP contribution < -0.4 is 10.2 Å². The second-order valence-corrected chi connectivity index (χ2v) is 11.4. The minimum atomic E-state index is -0.0996. The molecule has 6 nitrogen and oxygen atoms in total. The fourth-order valence-corrected chi connectivity index (χ4v) is 6.16. The topological polar surface area (TPSA) is 55.9 Å². The number of aryl methyl sites for hydroxylation is 1. The lowest BCUT2D eigenvalue weighted by Gasteiger charge is -2.34. The maximum absolute atomic E-state index is 13.1. The highest BCUT2D eigenvalue weighted by molar-refractivity contribution is 8.04. The van der Waals surface area contributed by atoms with E-state index in [2.05, 4.69) is 51.5 Å². The third kappa shape index (κ3) is 6.98. The van der Waals surface area contributed by atoms with Crippen molar-refractivity contribution >= 4 is 35.3 Å². The van der Waals surface area contributed by atoms with E-state index in [1.165, 1.54) is 17.3 Å². The molecule has 3 aromatic carbocycles. The van der Waals surface area contributed by atoms with Crippen LogP contribution in [-0.2, 0) is 11.3 Å². The lowest BCUT2D eigenvalue weighted by atomic mass is 10.1. The smallest absolute Gasteiger partial charge is 0.264 e. The van der Waals surface area contributed by atoms with E-state index in [1.807, 2.05) is 49.4 Å². The Hall–Kier alpha value is -3.39. The van der Waals surface area contributed by atoms with Crippen molar-refractivity contribution in [2.45, 2.75) is 24.8 Å². The first kappa shape index (κ1) is 27.2. The van der Waals surface area contributed by atoms with Gasteiger partial charge in [0.25, 0.3) is 11.8 Å². The lowest BCUT2D eigenvalue weighted by molar-refractivity contribution is -0.114. The fraction of sp³-hybridized carbons (Fsp3) is 0.312. The zero-order chi connectivity index (χ0) is 27.2. The van der Waals surface area contributed by atoms with E-state index in [0.29, 0.717) is 17.0 Å². The minimum absolute atomic E-state index is 0.0598. The number of nitrogens with one attached hydrogen (secondary N) is 1. The van der Waals surface area contributed by atoms with Crippen molar-refractivity contribution in [3.05, 3.63) is 100.0 Å². The molecule has 0 radical (unpaired) electrons. The Bertz CT molecular complexity index is 1350. The van der Waals surface area contributed by atoms with Gasteiger partial charge >= 0.3 is 0 Å². The summed E-state index contributed by atoms with van der Waals surface area (Å²) in [6.07, 6.45) is 2.85. The molecule has 0 spiro atoms. The van der Waals surface area contributed by atoms with Gasteiger partial charge in [0.05, 0.1) is 10.6 Å². The Labute approximate surface area is 235 Å². The SMILES string of the molecule is Cc1cccc(C=C2Sc3ccc(C(=O)NCCCN4CCN(Cc5ccccc5)CC4)cc3N(C)C2=O)c1. The Kier molecular flexibility index (Phi) is 8.81. The molecule has 5 rings (SSSR count). The molecule has 0 aliphatic carbocycles. The summed E-state index contributed by atoms with van der Waals surface area (Å²) < 4.78 is 0. The molecule has 1 fully saturated rings. The average Bonchev–Trinajstić information content (AvgIpc) is 2.95. The van der Waals surface area contributed by atoms with E-state index >= 15 is 0 Å². The number of rotatable bonds is 8. The van der Waals surface area contributed by atoms with Crippen LogP contribution in [0.1, 0.15) is 33.5 Å². The number of hydrogen-bond acceptors (Lipinski definition) is 5. The number of carbonyl (C=O) groups excluding carboxylic acids is 2. The van der Waals surface area contributed by atoms with Gasteiger partial charge in [0.2, 0.25) is 0 Å². The molecule has 0 bridgehead atoms. The second kappa shape index (κ2) is 12.6. The lowest BCUT2D eigenvalue weighted by Crippen LogP contribution is -2.46. The zero-order valence-corrected chi connectivity index (χ0v) is 23.5. The van der Waals surface area contributed by atoms with E-state index in [1.54, 1.807) is 11.9 Å². The van der Waals surface area contributed by atoms with Gasteiger partial charge in [-0.1, -0.05) is 71.9 Å². The largest absolute Gasteiger partial charge is 0.352 e. The maximum Gasteiger partial charge on any atom is 0.264 e. The van der Waals surface area contributed by atoms with Gasteiger partial charge in [-0.15, -0.1) is 0 Å². The highest BCUT2D eigenvalue weighted by atomic mass is 32.2. The van der Waals surface area contributed by atoms with Crippen molar-refractivity contribution in [1.29, 1.82) is 0 Å². The van der Waals surface area contributed by atoms with Crippen molar-refractivity contribution in [1.82, 2.24) is 15.1 Å². The quantitative estimate of drug-likeness (QED) is 0.320. The molecular formula is C32H36N4O2S. The van der Waals surface area contributed by atoms with Crippen molar-refractivity contribution in [2.75, 3.05) is 51.2 Å². The Morgan fingerprint density at radius 2 is 1.72 bits per heavy atom. The first-order valence-electron chi connectivity index (χ1n) is 13.6. The van der Waals surface area contributed by atoms with Crippen molar-refractivity contribution in [3.8, 4) is 0 Å². The summed E-state index contributed by atoms with van der Waals surface area (Å²) in [5, 5.41) is 3.06. The molecule has 2 amide bonds. The summed E-state index contributed by atoms with van der Waals surface area (Å²) in [4.78, 5) is 34.2. The molecule has 0 unspecified atom stereocenters. The van der Waals surface area contributed by atoms with Gasteiger partial charge in [-0.25, -0.2) is 0 Å². The highest BCUT2D eigenvalue weighted by Crippen LogP contribution is 2.42. The Balaban J connectivity index is 1.09. The Morgan fingerprint density at radius 3 is 2.49 bits per heavy atom. The van der Waals surface area contributed by atoms with E-state index < -0.39 is 0 Å². The third-order valence-corrected chi connectivity index (χ3v) is 8.39. The summed E-state index contributed by atoms with van der Waals surface area (Å²) in [7, 11) is 1.77. The van der Waals surface area contributed by atoms with Gasteiger partial charge in [-0.3, -0.25) is 14.5 Å². The standard InChI is InChI=1S/C32H36N4O2S/c1-24-8-6-11-26(20-24)21-30-32(38)34(2)28-22-27(12-13-29(28)39-30)31(37)33-14-7-15-35-16-18-36(19-17-35)23-25-9-4-3-5-10-25/h3-6,8-13,20-22H,7,14-19,23H2,1-2H3,(H,33,37). The molecule has 1 saturated heterocycles.